The van der Waals surface area contributed by atoms with Crippen LogP contribution in [-0.4, -0.2) is 77.1 Å². The average molecular weight is 329 g/mol. The molecule has 1 heterocycles. The van der Waals surface area contributed by atoms with Crippen LogP contribution in [0.15, 0.2) is 4.99 Å². The molecule has 0 aromatic heterocycles. The van der Waals surface area contributed by atoms with Gasteiger partial charge < -0.3 is 25.0 Å². The molecule has 1 rings (SSSR count). The van der Waals surface area contributed by atoms with Gasteiger partial charge in [0, 0.05) is 39.4 Å². The minimum atomic E-state index is 0.164. The van der Waals surface area contributed by atoms with Crippen LogP contribution in [0, 0.1) is 5.41 Å². The van der Waals surface area contributed by atoms with Crippen molar-refractivity contribution in [2.45, 2.75) is 39.7 Å². The molecule has 2 N–H and O–H groups in total. The molecule has 0 radical (unpaired) electrons. The Morgan fingerprint density at radius 3 is 2.74 bits per heavy atom. The first kappa shape index (κ1) is 20.2. The Bertz CT molecular complexity index is 339. The number of nitrogens with one attached hydrogen (secondary N) is 2. The summed E-state index contributed by atoms with van der Waals surface area (Å²) in [6.45, 7) is 12.5. The summed E-state index contributed by atoms with van der Waals surface area (Å²) in [7, 11) is 4.20. The first-order chi connectivity index (χ1) is 10.9. The SMILES string of the molecule is CCNC(=NCC(C)(C)CN(C)C)NCCCOC1CCOC1. The molecular formula is C17H36N4O2. The van der Waals surface area contributed by atoms with Crippen LogP contribution in [0.25, 0.3) is 0 Å². The Balaban J connectivity index is 2.25. The fourth-order valence-electron chi connectivity index (χ4n) is 2.71. The third kappa shape index (κ3) is 9.79. The zero-order valence-corrected chi connectivity index (χ0v) is 15.7. The van der Waals surface area contributed by atoms with Crippen molar-refractivity contribution in [2.24, 2.45) is 10.4 Å². The van der Waals surface area contributed by atoms with Crippen molar-refractivity contribution in [1.82, 2.24) is 15.5 Å². The van der Waals surface area contributed by atoms with Crippen LogP contribution < -0.4 is 10.6 Å². The van der Waals surface area contributed by atoms with Gasteiger partial charge in [-0.3, -0.25) is 4.99 Å². The number of aliphatic imine (C=N–C) groups is 1. The zero-order chi connectivity index (χ0) is 17.1. The largest absolute Gasteiger partial charge is 0.379 e. The van der Waals surface area contributed by atoms with Gasteiger partial charge >= 0.3 is 0 Å². The Hall–Kier alpha value is -0.850. The Labute approximate surface area is 142 Å². The molecule has 0 aromatic rings. The predicted molar refractivity (Wildman–Crippen MR) is 96.1 cm³/mol. The van der Waals surface area contributed by atoms with Gasteiger partial charge in [0.25, 0.3) is 0 Å². The number of nitrogens with zero attached hydrogens (tertiary/aromatic N) is 2. The minimum Gasteiger partial charge on any atom is -0.379 e. The van der Waals surface area contributed by atoms with E-state index >= 15 is 0 Å². The van der Waals surface area contributed by atoms with Gasteiger partial charge in [0.15, 0.2) is 5.96 Å². The van der Waals surface area contributed by atoms with Crippen LogP contribution in [0.5, 0.6) is 0 Å². The van der Waals surface area contributed by atoms with E-state index in [1.807, 2.05) is 0 Å². The third-order valence-electron chi connectivity index (χ3n) is 3.61. The standard InChI is InChI=1S/C17H36N4O2/c1-6-18-16(20-13-17(2,3)14-21(4)5)19-9-7-10-23-15-8-11-22-12-15/h15H,6-14H2,1-5H3,(H2,18,19,20). The summed E-state index contributed by atoms with van der Waals surface area (Å²) in [4.78, 5) is 6.93. The summed E-state index contributed by atoms with van der Waals surface area (Å²) in [5, 5.41) is 6.69. The molecule has 1 saturated heterocycles. The molecule has 0 amide bonds. The van der Waals surface area contributed by atoms with E-state index in [1.54, 1.807) is 0 Å². The second-order valence-corrected chi connectivity index (χ2v) is 7.23. The average Bonchev–Trinajstić information content (AvgIpc) is 2.96. The molecule has 1 aliphatic heterocycles. The van der Waals surface area contributed by atoms with Gasteiger partial charge in [-0.1, -0.05) is 13.8 Å². The van der Waals surface area contributed by atoms with Gasteiger partial charge in [-0.15, -0.1) is 0 Å². The molecule has 1 aliphatic rings. The van der Waals surface area contributed by atoms with Crippen LogP contribution in [0.4, 0.5) is 0 Å². The van der Waals surface area contributed by atoms with Crippen LogP contribution in [-0.2, 0) is 9.47 Å². The Morgan fingerprint density at radius 2 is 2.13 bits per heavy atom. The molecular weight excluding hydrogens is 292 g/mol. The maximum absolute atomic E-state index is 5.77. The number of ether oxygens (including phenoxy) is 2. The summed E-state index contributed by atoms with van der Waals surface area (Å²) in [6.07, 6.45) is 2.30. The number of guanidine groups is 1. The molecule has 1 fully saturated rings. The zero-order valence-electron chi connectivity index (χ0n) is 15.7. The van der Waals surface area contributed by atoms with Gasteiger partial charge in [0.1, 0.15) is 0 Å². The number of hydrogen-bond acceptors (Lipinski definition) is 4. The van der Waals surface area contributed by atoms with Crippen molar-refractivity contribution >= 4 is 5.96 Å². The van der Waals surface area contributed by atoms with E-state index < -0.39 is 0 Å². The second-order valence-electron chi connectivity index (χ2n) is 7.23. The van der Waals surface area contributed by atoms with Gasteiger partial charge in [0.2, 0.25) is 0 Å². The lowest BCUT2D eigenvalue weighted by Gasteiger charge is -2.26. The molecule has 1 unspecified atom stereocenters. The van der Waals surface area contributed by atoms with Gasteiger partial charge in [-0.2, -0.15) is 0 Å². The molecule has 0 saturated carbocycles. The van der Waals surface area contributed by atoms with E-state index in [0.717, 1.165) is 64.8 Å². The van der Waals surface area contributed by atoms with Gasteiger partial charge in [0.05, 0.1) is 12.7 Å². The molecule has 23 heavy (non-hydrogen) atoms. The molecule has 1 atom stereocenters. The molecule has 6 nitrogen and oxygen atoms in total. The highest BCUT2D eigenvalue weighted by Crippen LogP contribution is 2.16. The summed E-state index contributed by atoms with van der Waals surface area (Å²) < 4.78 is 11.1. The Kier molecular flexibility index (Phi) is 9.52. The molecule has 0 spiro atoms. The highest BCUT2D eigenvalue weighted by atomic mass is 16.5. The lowest BCUT2D eigenvalue weighted by atomic mass is 9.93. The summed E-state index contributed by atoms with van der Waals surface area (Å²) in [6, 6.07) is 0. The van der Waals surface area contributed by atoms with Crippen molar-refractivity contribution in [3.63, 3.8) is 0 Å². The van der Waals surface area contributed by atoms with Crippen LogP contribution in [0.2, 0.25) is 0 Å². The molecule has 0 aromatic carbocycles. The minimum absolute atomic E-state index is 0.164. The topological polar surface area (TPSA) is 58.1 Å². The maximum Gasteiger partial charge on any atom is 0.191 e. The molecule has 0 bridgehead atoms. The normalized spacial score (nSPS) is 19.4. The van der Waals surface area contributed by atoms with Crippen molar-refractivity contribution in [1.29, 1.82) is 0 Å². The van der Waals surface area contributed by atoms with Crippen LogP contribution in [0.1, 0.15) is 33.6 Å². The number of rotatable bonds is 10. The van der Waals surface area contributed by atoms with E-state index in [4.69, 9.17) is 14.5 Å². The fourth-order valence-corrected chi connectivity index (χ4v) is 2.71. The Morgan fingerprint density at radius 1 is 1.35 bits per heavy atom. The number of hydrogen-bond donors (Lipinski definition) is 2. The van der Waals surface area contributed by atoms with Gasteiger partial charge in [-0.25, -0.2) is 0 Å². The monoisotopic (exact) mass is 328 g/mol. The van der Waals surface area contributed by atoms with E-state index in [2.05, 4.69) is 50.4 Å². The summed E-state index contributed by atoms with van der Waals surface area (Å²) >= 11 is 0. The first-order valence-electron chi connectivity index (χ1n) is 8.79. The van der Waals surface area contributed by atoms with Crippen molar-refractivity contribution < 1.29 is 9.47 Å². The molecule has 0 aliphatic carbocycles. The summed E-state index contributed by atoms with van der Waals surface area (Å²) in [5.74, 6) is 0.892. The van der Waals surface area contributed by atoms with Crippen LogP contribution in [0.3, 0.4) is 0 Å². The summed E-state index contributed by atoms with van der Waals surface area (Å²) in [5.41, 5.74) is 0.164. The van der Waals surface area contributed by atoms with Crippen LogP contribution >= 0.6 is 0 Å². The predicted octanol–water partition coefficient (Wildman–Crippen LogP) is 1.32. The van der Waals surface area contributed by atoms with Crippen molar-refractivity contribution in [3.05, 3.63) is 0 Å². The van der Waals surface area contributed by atoms with Crippen molar-refractivity contribution in [2.75, 3.05) is 60.1 Å². The van der Waals surface area contributed by atoms with E-state index in [1.165, 1.54) is 0 Å². The first-order valence-corrected chi connectivity index (χ1v) is 8.79. The lowest BCUT2D eigenvalue weighted by Crippen LogP contribution is -2.39. The van der Waals surface area contributed by atoms with E-state index in [9.17, 15) is 0 Å². The van der Waals surface area contributed by atoms with E-state index in [-0.39, 0.29) is 5.41 Å². The highest BCUT2D eigenvalue weighted by Gasteiger charge is 2.18. The smallest absolute Gasteiger partial charge is 0.191 e. The highest BCUT2D eigenvalue weighted by molar-refractivity contribution is 5.79. The lowest BCUT2D eigenvalue weighted by molar-refractivity contribution is 0.0420. The second kappa shape index (κ2) is 10.8. The molecule has 136 valence electrons. The third-order valence-corrected chi connectivity index (χ3v) is 3.61. The maximum atomic E-state index is 5.77. The molecule has 6 heteroatoms. The van der Waals surface area contributed by atoms with E-state index in [0.29, 0.717) is 6.10 Å². The van der Waals surface area contributed by atoms with Crippen molar-refractivity contribution in [3.8, 4) is 0 Å². The quantitative estimate of drug-likeness (QED) is 0.360. The van der Waals surface area contributed by atoms with Gasteiger partial charge in [-0.05, 0) is 39.3 Å². The fraction of sp³-hybridized carbons (Fsp3) is 0.941.